The van der Waals surface area contributed by atoms with Crippen molar-refractivity contribution in [3.63, 3.8) is 0 Å². The zero-order valence-electron chi connectivity index (χ0n) is 12.8. The van der Waals surface area contributed by atoms with Gasteiger partial charge in [0.05, 0.1) is 5.56 Å². The van der Waals surface area contributed by atoms with Crippen molar-refractivity contribution >= 4 is 17.6 Å². The first-order valence-corrected chi connectivity index (χ1v) is 7.50. The van der Waals surface area contributed by atoms with E-state index < -0.39 is 18.0 Å². The number of esters is 1. The third-order valence-corrected chi connectivity index (χ3v) is 3.58. The summed E-state index contributed by atoms with van der Waals surface area (Å²) in [5.74, 6) is -2.30. The van der Waals surface area contributed by atoms with Crippen LogP contribution in [0.15, 0.2) is 47.1 Å². The number of aromatic nitrogens is 3. The highest BCUT2D eigenvalue weighted by Gasteiger charge is 2.38. The van der Waals surface area contributed by atoms with Gasteiger partial charge in [0.25, 0.3) is 0 Å². The SMILES string of the molecule is O=C(OCc1cccnc1Cl)c1ccc(-c2noc(C(F)(F)F)n2)cc1. The maximum absolute atomic E-state index is 12.5. The molecule has 0 aliphatic carbocycles. The van der Waals surface area contributed by atoms with Crippen molar-refractivity contribution in [3.05, 3.63) is 64.8 Å². The fourth-order valence-electron chi connectivity index (χ4n) is 1.96. The zero-order chi connectivity index (χ0) is 18.7. The van der Waals surface area contributed by atoms with Crippen LogP contribution in [0.1, 0.15) is 21.8 Å². The molecule has 3 aromatic rings. The lowest BCUT2D eigenvalue weighted by atomic mass is 10.1. The Morgan fingerprint density at radius 2 is 1.92 bits per heavy atom. The van der Waals surface area contributed by atoms with Gasteiger partial charge in [0.15, 0.2) is 0 Å². The van der Waals surface area contributed by atoms with Crippen molar-refractivity contribution in [1.82, 2.24) is 15.1 Å². The number of ether oxygens (including phenoxy) is 1. The molecule has 0 bridgehead atoms. The van der Waals surface area contributed by atoms with Crippen LogP contribution in [0, 0.1) is 0 Å². The number of benzene rings is 1. The number of hydrogen-bond acceptors (Lipinski definition) is 6. The van der Waals surface area contributed by atoms with Crippen LogP contribution < -0.4 is 0 Å². The van der Waals surface area contributed by atoms with Crippen LogP contribution in [0.3, 0.4) is 0 Å². The first-order valence-electron chi connectivity index (χ1n) is 7.12. The second-order valence-corrected chi connectivity index (χ2v) is 5.39. The molecule has 0 saturated carbocycles. The molecule has 0 unspecified atom stereocenters. The molecule has 26 heavy (non-hydrogen) atoms. The van der Waals surface area contributed by atoms with E-state index in [1.54, 1.807) is 12.1 Å². The van der Waals surface area contributed by atoms with E-state index in [1.165, 1.54) is 30.5 Å². The van der Waals surface area contributed by atoms with Gasteiger partial charge in [-0.05, 0) is 18.2 Å². The summed E-state index contributed by atoms with van der Waals surface area (Å²) < 4.78 is 46.7. The molecular weight excluding hydrogens is 375 g/mol. The fraction of sp³-hybridized carbons (Fsp3) is 0.125. The summed E-state index contributed by atoms with van der Waals surface area (Å²) >= 11 is 5.87. The zero-order valence-corrected chi connectivity index (χ0v) is 13.6. The second-order valence-electron chi connectivity index (χ2n) is 5.03. The maximum Gasteiger partial charge on any atom is 0.471 e. The van der Waals surface area contributed by atoms with Crippen molar-refractivity contribution in [1.29, 1.82) is 0 Å². The molecule has 10 heteroatoms. The summed E-state index contributed by atoms with van der Waals surface area (Å²) in [4.78, 5) is 19.2. The van der Waals surface area contributed by atoms with E-state index >= 15 is 0 Å². The molecule has 2 aromatic heterocycles. The van der Waals surface area contributed by atoms with E-state index in [2.05, 4.69) is 19.6 Å². The molecule has 0 N–H and O–H groups in total. The van der Waals surface area contributed by atoms with Gasteiger partial charge in [-0.15, -0.1) is 0 Å². The van der Waals surface area contributed by atoms with Crippen molar-refractivity contribution in [2.24, 2.45) is 0 Å². The highest BCUT2D eigenvalue weighted by Crippen LogP contribution is 2.29. The average Bonchev–Trinajstić information content (AvgIpc) is 3.11. The molecule has 0 amide bonds. The lowest BCUT2D eigenvalue weighted by Crippen LogP contribution is -2.06. The predicted octanol–water partition coefficient (Wildman–Crippen LogP) is 4.16. The van der Waals surface area contributed by atoms with Crippen LogP contribution >= 0.6 is 11.6 Å². The van der Waals surface area contributed by atoms with Crippen molar-refractivity contribution in [3.8, 4) is 11.4 Å². The van der Waals surface area contributed by atoms with Crippen molar-refractivity contribution < 1.29 is 27.2 Å². The largest absolute Gasteiger partial charge is 0.471 e. The smallest absolute Gasteiger partial charge is 0.457 e. The number of alkyl halides is 3. The molecule has 6 nitrogen and oxygen atoms in total. The van der Waals surface area contributed by atoms with Gasteiger partial charge < -0.3 is 9.26 Å². The maximum atomic E-state index is 12.5. The number of hydrogen-bond donors (Lipinski definition) is 0. The molecule has 0 spiro atoms. The van der Waals surface area contributed by atoms with Crippen LogP contribution in [0.4, 0.5) is 13.2 Å². The van der Waals surface area contributed by atoms with Gasteiger partial charge in [0, 0.05) is 17.3 Å². The minimum atomic E-state index is -4.72. The van der Waals surface area contributed by atoms with E-state index in [1.807, 2.05) is 0 Å². The van der Waals surface area contributed by atoms with Gasteiger partial charge in [-0.1, -0.05) is 35.0 Å². The second kappa shape index (κ2) is 7.12. The summed E-state index contributed by atoms with van der Waals surface area (Å²) in [6.07, 6.45) is -3.21. The molecule has 134 valence electrons. The Balaban J connectivity index is 1.68. The molecule has 0 aliphatic rings. The number of carbonyl (C=O) groups is 1. The summed E-state index contributed by atoms with van der Waals surface area (Å²) in [5.41, 5.74) is 1.01. The molecule has 2 heterocycles. The highest BCUT2D eigenvalue weighted by molar-refractivity contribution is 6.30. The standard InChI is InChI=1S/C16H9ClF3N3O3/c17-12-11(2-1-7-21-12)8-25-14(24)10-5-3-9(4-6-10)13-22-15(26-23-13)16(18,19)20/h1-7H,8H2. The Morgan fingerprint density at radius 3 is 2.54 bits per heavy atom. The minimum absolute atomic E-state index is 0.0625. The summed E-state index contributed by atoms with van der Waals surface area (Å²) in [6.45, 7) is -0.0625. The summed E-state index contributed by atoms with van der Waals surface area (Å²) in [6, 6.07) is 8.86. The van der Waals surface area contributed by atoms with E-state index in [0.29, 0.717) is 5.56 Å². The topological polar surface area (TPSA) is 78.1 Å². The Kier molecular flexibility index (Phi) is 4.90. The van der Waals surface area contributed by atoms with E-state index in [9.17, 15) is 18.0 Å². The predicted molar refractivity (Wildman–Crippen MR) is 83.1 cm³/mol. The van der Waals surface area contributed by atoms with Crippen LogP contribution in [0.5, 0.6) is 0 Å². The Morgan fingerprint density at radius 1 is 1.19 bits per heavy atom. The molecule has 0 aliphatic heterocycles. The first kappa shape index (κ1) is 17.9. The quantitative estimate of drug-likeness (QED) is 0.497. The summed E-state index contributed by atoms with van der Waals surface area (Å²) in [7, 11) is 0. The third-order valence-electron chi connectivity index (χ3n) is 3.24. The van der Waals surface area contributed by atoms with Gasteiger partial charge in [-0.3, -0.25) is 0 Å². The Labute approximate surface area is 149 Å². The lowest BCUT2D eigenvalue weighted by Gasteiger charge is -2.06. The van der Waals surface area contributed by atoms with E-state index in [-0.39, 0.29) is 28.7 Å². The summed E-state index contributed by atoms with van der Waals surface area (Å²) in [5, 5.41) is 3.50. The lowest BCUT2D eigenvalue weighted by molar-refractivity contribution is -0.159. The van der Waals surface area contributed by atoms with E-state index in [0.717, 1.165) is 0 Å². The monoisotopic (exact) mass is 383 g/mol. The Bertz CT molecular complexity index is 926. The van der Waals surface area contributed by atoms with Crippen molar-refractivity contribution in [2.75, 3.05) is 0 Å². The minimum Gasteiger partial charge on any atom is -0.457 e. The number of halogens is 4. The molecule has 1 aromatic carbocycles. The van der Waals surface area contributed by atoms with Crippen molar-refractivity contribution in [2.45, 2.75) is 12.8 Å². The number of carbonyl (C=O) groups excluding carboxylic acids is 1. The van der Waals surface area contributed by atoms with Crippen LogP contribution in [-0.4, -0.2) is 21.1 Å². The van der Waals surface area contributed by atoms with Gasteiger partial charge >= 0.3 is 18.0 Å². The molecule has 0 fully saturated rings. The normalized spacial score (nSPS) is 11.4. The highest BCUT2D eigenvalue weighted by atomic mass is 35.5. The molecule has 0 atom stereocenters. The van der Waals surface area contributed by atoms with Crippen LogP contribution in [0.2, 0.25) is 5.15 Å². The number of pyridine rings is 1. The van der Waals surface area contributed by atoms with Gasteiger partial charge in [0.2, 0.25) is 5.82 Å². The van der Waals surface area contributed by atoms with Gasteiger partial charge in [0.1, 0.15) is 11.8 Å². The fourth-order valence-corrected chi connectivity index (χ4v) is 2.14. The number of rotatable bonds is 4. The first-order chi connectivity index (χ1) is 12.3. The molecule has 3 rings (SSSR count). The molecule has 0 radical (unpaired) electrons. The van der Waals surface area contributed by atoms with Gasteiger partial charge in [-0.25, -0.2) is 9.78 Å². The number of nitrogens with zero attached hydrogens (tertiary/aromatic N) is 3. The van der Waals surface area contributed by atoms with Crippen LogP contribution in [0.25, 0.3) is 11.4 Å². The molecular formula is C16H9ClF3N3O3. The average molecular weight is 384 g/mol. The molecule has 0 saturated heterocycles. The van der Waals surface area contributed by atoms with Crippen LogP contribution in [-0.2, 0) is 17.5 Å². The Hall–Kier alpha value is -2.94. The third kappa shape index (κ3) is 3.99. The van der Waals surface area contributed by atoms with Gasteiger partial charge in [-0.2, -0.15) is 18.2 Å². The van der Waals surface area contributed by atoms with E-state index in [4.69, 9.17) is 16.3 Å².